The number of nitrogens with one attached hydrogen (secondary N) is 1. The highest BCUT2D eigenvalue weighted by atomic mass is 16.5. The third-order valence-corrected chi connectivity index (χ3v) is 4.90. The first-order valence-corrected chi connectivity index (χ1v) is 9.98. The van der Waals surface area contributed by atoms with Gasteiger partial charge in [-0.15, -0.1) is 0 Å². The summed E-state index contributed by atoms with van der Waals surface area (Å²) in [6.07, 6.45) is 1.38. The fraction of sp³-hybridized carbons (Fsp3) is 0.167. The number of rotatable bonds is 5. The highest BCUT2D eigenvalue weighted by Crippen LogP contribution is 2.25. The summed E-state index contributed by atoms with van der Waals surface area (Å²) in [5.74, 6) is -0.210. The zero-order valence-electron chi connectivity index (χ0n) is 17.5. The van der Waals surface area contributed by atoms with E-state index in [1.165, 1.54) is 10.9 Å². The van der Waals surface area contributed by atoms with Crippen LogP contribution in [0.4, 0.5) is 5.82 Å². The van der Waals surface area contributed by atoms with Gasteiger partial charge in [-0.3, -0.25) is 4.79 Å². The minimum Gasteiger partial charge on any atom is -0.462 e. The van der Waals surface area contributed by atoms with Crippen LogP contribution >= 0.6 is 0 Å². The van der Waals surface area contributed by atoms with E-state index in [0.717, 1.165) is 22.0 Å². The van der Waals surface area contributed by atoms with Crippen LogP contribution in [0.3, 0.4) is 0 Å². The van der Waals surface area contributed by atoms with Crippen molar-refractivity contribution in [2.75, 3.05) is 11.9 Å². The van der Waals surface area contributed by atoms with Crippen LogP contribution in [0.25, 0.3) is 16.7 Å². The second-order valence-electron chi connectivity index (χ2n) is 7.18. The highest BCUT2D eigenvalue weighted by molar-refractivity contribution is 6.07. The summed E-state index contributed by atoms with van der Waals surface area (Å²) in [5, 5.41) is 8.19. The van der Waals surface area contributed by atoms with Crippen molar-refractivity contribution in [3.63, 3.8) is 0 Å². The molecule has 2 heterocycles. The van der Waals surface area contributed by atoms with Gasteiger partial charge in [0.25, 0.3) is 5.91 Å². The van der Waals surface area contributed by atoms with Crippen molar-refractivity contribution in [2.45, 2.75) is 20.8 Å². The summed E-state index contributed by atoms with van der Waals surface area (Å²) < 4.78 is 6.61. The number of carbonyl (C=O) groups is 2. The lowest BCUT2D eigenvalue weighted by atomic mass is 10.1. The molecule has 0 aliphatic carbocycles. The van der Waals surface area contributed by atoms with Gasteiger partial charge in [0.2, 0.25) is 0 Å². The number of anilines is 1. The van der Waals surface area contributed by atoms with Crippen LogP contribution in [0.1, 0.15) is 38.8 Å². The van der Waals surface area contributed by atoms with Crippen LogP contribution in [0, 0.1) is 13.8 Å². The van der Waals surface area contributed by atoms with Gasteiger partial charge in [-0.05, 0) is 50.6 Å². The molecule has 7 nitrogen and oxygen atoms in total. The average Bonchev–Trinajstić information content (AvgIpc) is 3.17. The van der Waals surface area contributed by atoms with Crippen LogP contribution in [0.15, 0.2) is 60.8 Å². The Kier molecular flexibility index (Phi) is 5.49. The van der Waals surface area contributed by atoms with Gasteiger partial charge in [-0.2, -0.15) is 9.78 Å². The van der Waals surface area contributed by atoms with Crippen molar-refractivity contribution >= 4 is 28.6 Å². The van der Waals surface area contributed by atoms with E-state index < -0.39 is 5.97 Å². The van der Waals surface area contributed by atoms with Gasteiger partial charge in [-0.1, -0.05) is 35.9 Å². The minimum absolute atomic E-state index is 0.162. The maximum Gasteiger partial charge on any atom is 0.343 e. The lowest BCUT2D eigenvalue weighted by molar-refractivity contribution is 0.0527. The molecular weight excluding hydrogens is 392 g/mol. The molecule has 0 saturated carbocycles. The summed E-state index contributed by atoms with van der Waals surface area (Å²) in [5.41, 5.74) is 3.39. The van der Waals surface area contributed by atoms with Gasteiger partial charge < -0.3 is 10.1 Å². The smallest absolute Gasteiger partial charge is 0.343 e. The summed E-state index contributed by atoms with van der Waals surface area (Å²) in [4.78, 5) is 30.1. The Morgan fingerprint density at radius 1 is 1.06 bits per heavy atom. The van der Waals surface area contributed by atoms with Crippen LogP contribution in [0.2, 0.25) is 0 Å². The Balaban J connectivity index is 1.82. The van der Waals surface area contributed by atoms with E-state index in [1.807, 2.05) is 56.3 Å². The quantitative estimate of drug-likeness (QED) is 0.487. The van der Waals surface area contributed by atoms with E-state index in [4.69, 9.17) is 4.74 Å². The van der Waals surface area contributed by atoms with E-state index in [1.54, 1.807) is 19.1 Å². The summed E-state index contributed by atoms with van der Waals surface area (Å²) >= 11 is 0. The lowest BCUT2D eigenvalue weighted by Crippen LogP contribution is -2.18. The normalized spacial score (nSPS) is 10.8. The van der Waals surface area contributed by atoms with Crippen molar-refractivity contribution in [3.05, 3.63) is 83.0 Å². The summed E-state index contributed by atoms with van der Waals surface area (Å²) in [6, 6.07) is 16.8. The SMILES string of the molecule is CCOC(=O)c1cnn(-c2cc(C)c3ccccc3n2)c1NC(=O)c1cccc(C)c1. The molecule has 1 N–H and O–H groups in total. The number of aryl methyl sites for hydroxylation is 2. The zero-order valence-corrected chi connectivity index (χ0v) is 17.5. The molecule has 4 aromatic rings. The molecule has 0 aliphatic rings. The molecule has 0 radical (unpaired) electrons. The maximum absolute atomic E-state index is 12.9. The predicted octanol–water partition coefficient (Wildman–Crippen LogP) is 4.47. The number of amides is 1. The first-order chi connectivity index (χ1) is 15.0. The Morgan fingerprint density at radius 2 is 1.87 bits per heavy atom. The Bertz CT molecular complexity index is 1290. The first-order valence-electron chi connectivity index (χ1n) is 9.98. The van der Waals surface area contributed by atoms with Gasteiger partial charge >= 0.3 is 5.97 Å². The number of aromatic nitrogens is 3. The maximum atomic E-state index is 12.9. The number of carbonyl (C=O) groups excluding carboxylic acids is 2. The molecule has 1 amide bonds. The molecule has 0 bridgehead atoms. The average molecular weight is 414 g/mol. The molecular formula is C24H22N4O3. The van der Waals surface area contributed by atoms with Crippen molar-refractivity contribution in [3.8, 4) is 5.82 Å². The topological polar surface area (TPSA) is 86.1 Å². The number of para-hydroxylation sites is 1. The fourth-order valence-corrected chi connectivity index (χ4v) is 3.41. The monoisotopic (exact) mass is 414 g/mol. The van der Waals surface area contributed by atoms with Crippen LogP contribution in [-0.2, 0) is 4.74 Å². The molecule has 2 aromatic heterocycles. The van der Waals surface area contributed by atoms with Gasteiger partial charge in [-0.25, -0.2) is 9.78 Å². The van der Waals surface area contributed by atoms with Gasteiger partial charge in [0.15, 0.2) is 11.6 Å². The van der Waals surface area contributed by atoms with Gasteiger partial charge in [0, 0.05) is 10.9 Å². The molecule has 156 valence electrons. The minimum atomic E-state index is -0.564. The van der Waals surface area contributed by atoms with E-state index >= 15 is 0 Å². The number of hydrogen-bond donors (Lipinski definition) is 1. The Morgan fingerprint density at radius 3 is 2.65 bits per heavy atom. The van der Waals surface area contributed by atoms with Crippen LogP contribution in [0.5, 0.6) is 0 Å². The highest BCUT2D eigenvalue weighted by Gasteiger charge is 2.23. The second-order valence-corrected chi connectivity index (χ2v) is 7.18. The number of benzene rings is 2. The molecule has 2 aromatic carbocycles. The predicted molar refractivity (Wildman–Crippen MR) is 119 cm³/mol. The number of esters is 1. The number of hydrogen-bond acceptors (Lipinski definition) is 5. The molecule has 0 unspecified atom stereocenters. The zero-order chi connectivity index (χ0) is 22.0. The van der Waals surface area contributed by atoms with Crippen LogP contribution in [-0.4, -0.2) is 33.2 Å². The fourth-order valence-electron chi connectivity index (χ4n) is 3.41. The van der Waals surface area contributed by atoms with Crippen LogP contribution < -0.4 is 5.32 Å². The van der Waals surface area contributed by atoms with E-state index in [-0.39, 0.29) is 23.9 Å². The van der Waals surface area contributed by atoms with E-state index in [2.05, 4.69) is 15.4 Å². The Hall–Kier alpha value is -4.00. The largest absolute Gasteiger partial charge is 0.462 e. The van der Waals surface area contributed by atoms with Gasteiger partial charge in [0.05, 0.1) is 18.3 Å². The van der Waals surface area contributed by atoms with Gasteiger partial charge in [0.1, 0.15) is 5.56 Å². The number of fused-ring (bicyclic) bond motifs is 1. The first kappa shape index (κ1) is 20.3. The van der Waals surface area contributed by atoms with Crippen molar-refractivity contribution in [1.29, 1.82) is 0 Å². The molecule has 0 atom stereocenters. The van der Waals surface area contributed by atoms with Crippen molar-refractivity contribution < 1.29 is 14.3 Å². The second kappa shape index (κ2) is 8.39. The molecule has 4 rings (SSSR count). The summed E-state index contributed by atoms with van der Waals surface area (Å²) in [6.45, 7) is 5.82. The third-order valence-electron chi connectivity index (χ3n) is 4.90. The van der Waals surface area contributed by atoms with E-state index in [9.17, 15) is 9.59 Å². The summed E-state index contributed by atoms with van der Waals surface area (Å²) in [7, 11) is 0. The van der Waals surface area contributed by atoms with Crippen molar-refractivity contribution in [1.82, 2.24) is 14.8 Å². The molecule has 7 heteroatoms. The third kappa shape index (κ3) is 4.02. The molecule has 0 saturated heterocycles. The molecule has 31 heavy (non-hydrogen) atoms. The van der Waals surface area contributed by atoms with Crippen molar-refractivity contribution in [2.24, 2.45) is 0 Å². The number of ether oxygens (including phenoxy) is 1. The number of nitrogens with zero attached hydrogens (tertiary/aromatic N) is 3. The van der Waals surface area contributed by atoms with E-state index in [0.29, 0.717) is 11.4 Å². The molecule has 0 fully saturated rings. The molecule has 0 spiro atoms. The lowest BCUT2D eigenvalue weighted by Gasteiger charge is -2.12. The number of pyridine rings is 1. The Labute approximate surface area is 179 Å². The molecule has 0 aliphatic heterocycles. The standard InChI is InChI=1S/C24H22N4O3/c1-4-31-24(30)19-14-25-28(21-13-16(3)18-10-5-6-11-20(18)26-21)22(19)27-23(29)17-9-7-8-15(2)12-17/h5-14H,4H2,1-3H3,(H,27,29).